The molecule has 0 N–H and O–H groups in total. The molecule has 112 valence electrons. The lowest BCUT2D eigenvalue weighted by atomic mass is 10.1. The number of carbonyl (C=O) groups excluding carboxylic acids is 1. The van der Waals surface area contributed by atoms with E-state index in [1.807, 2.05) is 24.3 Å². The third-order valence-electron chi connectivity index (χ3n) is 3.03. The molecule has 0 saturated heterocycles. The molecule has 0 atom stereocenters. The highest BCUT2D eigenvalue weighted by atomic mass is 16.5. The van der Waals surface area contributed by atoms with Crippen molar-refractivity contribution in [3.05, 3.63) is 59.2 Å². The largest absolute Gasteiger partial charge is 0.497 e. The summed E-state index contributed by atoms with van der Waals surface area (Å²) in [7, 11) is 4.45. The van der Waals surface area contributed by atoms with Crippen LogP contribution in [-0.4, -0.2) is 27.3 Å². The van der Waals surface area contributed by atoms with Crippen LogP contribution in [0.4, 0.5) is 0 Å². The predicted octanol–water partition coefficient (Wildman–Crippen LogP) is 2.89. The monoisotopic (exact) mass is 296 g/mol. The fourth-order valence-corrected chi connectivity index (χ4v) is 1.89. The lowest BCUT2D eigenvalue weighted by Crippen LogP contribution is -2.04. The smallest absolute Gasteiger partial charge is 0.341 e. The molecule has 0 aliphatic heterocycles. The van der Waals surface area contributed by atoms with Gasteiger partial charge in [0.15, 0.2) is 0 Å². The predicted molar refractivity (Wildman–Crippen MR) is 83.3 cm³/mol. The van der Waals surface area contributed by atoms with E-state index in [4.69, 9.17) is 14.2 Å². The number of hydrogen-bond donors (Lipinski definition) is 0. The van der Waals surface area contributed by atoms with Gasteiger partial charge in [-0.05, 0) is 36.4 Å². The van der Waals surface area contributed by atoms with E-state index in [-0.39, 0.29) is 0 Å². The summed E-state index contributed by atoms with van der Waals surface area (Å²) in [6, 6.07) is 12.6. The molecule has 4 nitrogen and oxygen atoms in total. The molecule has 2 aromatic rings. The minimum Gasteiger partial charge on any atom is -0.497 e. The van der Waals surface area contributed by atoms with E-state index in [1.165, 1.54) is 14.2 Å². The summed E-state index contributed by atoms with van der Waals surface area (Å²) < 4.78 is 15.1. The fraction of sp³-hybridized carbons (Fsp3) is 0.167. The van der Waals surface area contributed by atoms with Crippen molar-refractivity contribution >= 4 is 5.97 Å². The van der Waals surface area contributed by atoms with Crippen LogP contribution in [-0.2, 0) is 4.74 Å². The van der Waals surface area contributed by atoms with E-state index in [0.717, 1.165) is 16.9 Å². The third kappa shape index (κ3) is 3.58. The van der Waals surface area contributed by atoms with Crippen molar-refractivity contribution in [2.24, 2.45) is 0 Å². The van der Waals surface area contributed by atoms with Crippen molar-refractivity contribution in [3.8, 4) is 23.3 Å². The first kappa shape index (κ1) is 15.5. The maximum absolute atomic E-state index is 11.6. The van der Waals surface area contributed by atoms with E-state index in [2.05, 4.69) is 11.8 Å². The summed E-state index contributed by atoms with van der Waals surface area (Å²) in [6.07, 6.45) is 0. The van der Waals surface area contributed by atoms with Gasteiger partial charge >= 0.3 is 5.97 Å². The Bertz CT molecular complexity index is 738. The molecular weight excluding hydrogens is 280 g/mol. The number of esters is 1. The highest BCUT2D eigenvalue weighted by Gasteiger charge is 2.12. The highest BCUT2D eigenvalue weighted by molar-refractivity contribution is 5.92. The number of methoxy groups -OCH3 is 3. The summed E-state index contributed by atoms with van der Waals surface area (Å²) >= 11 is 0. The molecule has 0 fully saturated rings. The first-order valence-corrected chi connectivity index (χ1v) is 6.60. The lowest BCUT2D eigenvalue weighted by molar-refractivity contribution is 0.0597. The van der Waals surface area contributed by atoms with E-state index in [1.54, 1.807) is 25.3 Å². The van der Waals surface area contributed by atoms with Crippen molar-refractivity contribution in [2.75, 3.05) is 21.3 Å². The quantitative estimate of drug-likeness (QED) is 0.645. The molecule has 0 heterocycles. The molecule has 2 aromatic carbocycles. The van der Waals surface area contributed by atoms with Crippen LogP contribution in [0.5, 0.6) is 11.5 Å². The van der Waals surface area contributed by atoms with Gasteiger partial charge in [-0.2, -0.15) is 0 Å². The number of carbonyl (C=O) groups is 1. The van der Waals surface area contributed by atoms with Crippen molar-refractivity contribution < 1.29 is 19.0 Å². The Morgan fingerprint density at radius 1 is 0.909 bits per heavy atom. The Morgan fingerprint density at radius 3 is 2.27 bits per heavy atom. The SMILES string of the molecule is COC(=O)c1ccc(C#Cc2cccc(OC)c2)cc1OC. The third-order valence-corrected chi connectivity index (χ3v) is 3.03. The Morgan fingerprint density at radius 2 is 1.64 bits per heavy atom. The van der Waals surface area contributed by atoms with Crippen LogP contribution < -0.4 is 9.47 Å². The van der Waals surface area contributed by atoms with E-state index in [0.29, 0.717) is 11.3 Å². The van der Waals surface area contributed by atoms with E-state index >= 15 is 0 Å². The molecule has 0 aliphatic carbocycles. The first-order valence-electron chi connectivity index (χ1n) is 6.60. The molecule has 0 aliphatic rings. The van der Waals surface area contributed by atoms with Crippen LogP contribution in [0.15, 0.2) is 42.5 Å². The molecule has 4 heteroatoms. The Hall–Kier alpha value is -2.93. The molecule has 0 radical (unpaired) electrons. The van der Waals surface area contributed by atoms with Crippen molar-refractivity contribution in [3.63, 3.8) is 0 Å². The van der Waals surface area contributed by atoms with Crippen LogP contribution in [0.2, 0.25) is 0 Å². The maximum atomic E-state index is 11.6. The summed E-state index contributed by atoms with van der Waals surface area (Å²) in [6.45, 7) is 0. The zero-order chi connectivity index (χ0) is 15.9. The zero-order valence-electron chi connectivity index (χ0n) is 12.7. The normalized spacial score (nSPS) is 9.41. The Balaban J connectivity index is 2.31. The molecule has 0 saturated carbocycles. The average molecular weight is 296 g/mol. The molecule has 0 aromatic heterocycles. The minimum absolute atomic E-state index is 0.372. The Kier molecular flexibility index (Phi) is 5.05. The van der Waals surface area contributed by atoms with Crippen molar-refractivity contribution in [1.29, 1.82) is 0 Å². The van der Waals surface area contributed by atoms with Gasteiger partial charge in [0.05, 0.1) is 21.3 Å². The number of ether oxygens (including phenoxy) is 3. The van der Waals surface area contributed by atoms with Gasteiger partial charge in [0.25, 0.3) is 0 Å². The molecule has 0 bridgehead atoms. The number of rotatable bonds is 3. The number of benzene rings is 2. The van der Waals surface area contributed by atoms with Crippen LogP contribution >= 0.6 is 0 Å². The second kappa shape index (κ2) is 7.19. The van der Waals surface area contributed by atoms with Gasteiger partial charge < -0.3 is 14.2 Å². The second-order valence-electron chi connectivity index (χ2n) is 4.39. The summed E-state index contributed by atoms with van der Waals surface area (Å²) in [4.78, 5) is 11.6. The molecule has 0 spiro atoms. The molecule has 2 rings (SSSR count). The van der Waals surface area contributed by atoms with E-state index < -0.39 is 5.97 Å². The summed E-state index contributed by atoms with van der Waals surface area (Å²) in [5, 5.41) is 0. The summed E-state index contributed by atoms with van der Waals surface area (Å²) in [5.74, 6) is 6.83. The molecule has 0 amide bonds. The topological polar surface area (TPSA) is 44.8 Å². The highest BCUT2D eigenvalue weighted by Crippen LogP contribution is 2.20. The van der Waals surface area contributed by atoms with Gasteiger partial charge in [0.2, 0.25) is 0 Å². The van der Waals surface area contributed by atoms with Crippen LogP contribution in [0.3, 0.4) is 0 Å². The van der Waals surface area contributed by atoms with Crippen LogP contribution in [0.1, 0.15) is 21.5 Å². The maximum Gasteiger partial charge on any atom is 0.341 e. The molecule has 0 unspecified atom stereocenters. The zero-order valence-corrected chi connectivity index (χ0v) is 12.7. The standard InChI is InChI=1S/C18H16O4/c1-20-15-6-4-5-13(11-15)7-8-14-9-10-16(18(19)22-3)17(12-14)21-2/h4-6,9-12H,1-3H3. The van der Waals surface area contributed by atoms with Crippen molar-refractivity contribution in [1.82, 2.24) is 0 Å². The first-order chi connectivity index (χ1) is 10.7. The summed E-state index contributed by atoms with van der Waals surface area (Å²) in [5.41, 5.74) is 1.96. The van der Waals surface area contributed by atoms with Gasteiger partial charge in [0, 0.05) is 11.1 Å². The lowest BCUT2D eigenvalue weighted by Gasteiger charge is -2.06. The van der Waals surface area contributed by atoms with Crippen LogP contribution in [0.25, 0.3) is 0 Å². The second-order valence-corrected chi connectivity index (χ2v) is 4.39. The molecule has 22 heavy (non-hydrogen) atoms. The Labute approximate surface area is 129 Å². The number of hydrogen-bond acceptors (Lipinski definition) is 4. The molecular formula is C18H16O4. The van der Waals surface area contributed by atoms with Crippen molar-refractivity contribution in [2.45, 2.75) is 0 Å². The van der Waals surface area contributed by atoms with Gasteiger partial charge in [-0.1, -0.05) is 17.9 Å². The fourth-order valence-electron chi connectivity index (χ4n) is 1.89. The van der Waals surface area contributed by atoms with E-state index in [9.17, 15) is 4.79 Å². The minimum atomic E-state index is -0.441. The van der Waals surface area contributed by atoms with Gasteiger partial charge in [-0.25, -0.2) is 4.79 Å². The van der Waals surface area contributed by atoms with Gasteiger partial charge in [0.1, 0.15) is 17.1 Å². The van der Waals surface area contributed by atoms with Gasteiger partial charge in [-0.15, -0.1) is 0 Å². The van der Waals surface area contributed by atoms with Gasteiger partial charge in [-0.3, -0.25) is 0 Å². The average Bonchev–Trinajstić information content (AvgIpc) is 2.59. The van der Waals surface area contributed by atoms with Crippen LogP contribution in [0, 0.1) is 11.8 Å².